The SMILES string of the molecule is CCOc1cc(CNCCCCO)c(Cl)cc1OCc1ccccc1Cl. The average molecular weight is 398 g/mol. The minimum Gasteiger partial charge on any atom is -0.490 e. The molecular weight excluding hydrogens is 373 g/mol. The molecule has 0 bridgehead atoms. The Labute approximate surface area is 165 Å². The number of halogens is 2. The van der Waals surface area contributed by atoms with Crippen LogP contribution in [0.2, 0.25) is 10.0 Å². The highest BCUT2D eigenvalue weighted by atomic mass is 35.5. The molecule has 2 N–H and O–H groups in total. The zero-order valence-electron chi connectivity index (χ0n) is 14.9. The number of hydrogen-bond donors (Lipinski definition) is 2. The van der Waals surface area contributed by atoms with Crippen LogP contribution in [0.25, 0.3) is 0 Å². The standard InChI is InChI=1S/C20H25Cl2NO3/c1-2-25-19-11-16(13-23-9-5-6-10-24)18(22)12-20(19)26-14-15-7-3-4-8-17(15)21/h3-4,7-8,11-12,23-24H,2,5-6,9-10,13-14H2,1H3. The maximum absolute atomic E-state index is 8.82. The quantitative estimate of drug-likeness (QED) is 0.532. The third kappa shape index (κ3) is 6.36. The lowest BCUT2D eigenvalue weighted by Gasteiger charge is -2.16. The van der Waals surface area contributed by atoms with Crippen molar-refractivity contribution in [1.29, 1.82) is 0 Å². The van der Waals surface area contributed by atoms with Gasteiger partial charge in [-0.3, -0.25) is 0 Å². The van der Waals surface area contributed by atoms with Crippen LogP contribution in [-0.2, 0) is 13.2 Å². The van der Waals surface area contributed by atoms with E-state index in [9.17, 15) is 0 Å². The van der Waals surface area contributed by atoms with Crippen molar-refractivity contribution in [2.45, 2.75) is 32.9 Å². The molecule has 26 heavy (non-hydrogen) atoms. The van der Waals surface area contributed by atoms with Crippen molar-refractivity contribution in [3.8, 4) is 11.5 Å². The van der Waals surface area contributed by atoms with Crippen molar-refractivity contribution in [3.63, 3.8) is 0 Å². The second-order valence-electron chi connectivity index (χ2n) is 5.81. The van der Waals surface area contributed by atoms with E-state index >= 15 is 0 Å². The molecule has 0 radical (unpaired) electrons. The number of rotatable bonds is 11. The number of aliphatic hydroxyl groups is 1. The molecule has 0 aromatic heterocycles. The number of aliphatic hydroxyl groups excluding tert-OH is 1. The van der Waals surface area contributed by atoms with Gasteiger partial charge >= 0.3 is 0 Å². The van der Waals surface area contributed by atoms with Crippen LogP contribution in [0.15, 0.2) is 36.4 Å². The summed E-state index contributed by atoms with van der Waals surface area (Å²) >= 11 is 12.6. The van der Waals surface area contributed by atoms with Crippen LogP contribution in [0.1, 0.15) is 30.9 Å². The largest absolute Gasteiger partial charge is 0.490 e. The zero-order chi connectivity index (χ0) is 18.8. The smallest absolute Gasteiger partial charge is 0.163 e. The summed E-state index contributed by atoms with van der Waals surface area (Å²) in [7, 11) is 0. The first-order valence-corrected chi connectivity index (χ1v) is 9.54. The molecule has 2 rings (SSSR count). The molecule has 6 heteroatoms. The Morgan fingerprint density at radius 3 is 2.46 bits per heavy atom. The molecule has 0 aliphatic heterocycles. The van der Waals surface area contributed by atoms with E-state index in [1.165, 1.54) is 0 Å². The molecule has 0 atom stereocenters. The molecule has 0 heterocycles. The summed E-state index contributed by atoms with van der Waals surface area (Å²) in [6.07, 6.45) is 1.71. The topological polar surface area (TPSA) is 50.7 Å². The lowest BCUT2D eigenvalue weighted by molar-refractivity contribution is 0.269. The van der Waals surface area contributed by atoms with Gasteiger partial charge in [-0.05, 0) is 44.0 Å². The third-order valence-electron chi connectivity index (χ3n) is 3.83. The second kappa shape index (κ2) is 11.3. The van der Waals surface area contributed by atoms with Crippen LogP contribution < -0.4 is 14.8 Å². The fourth-order valence-corrected chi connectivity index (χ4v) is 2.86. The van der Waals surface area contributed by atoms with E-state index in [1.54, 1.807) is 6.07 Å². The number of ether oxygens (including phenoxy) is 2. The van der Waals surface area contributed by atoms with Crippen LogP contribution >= 0.6 is 23.2 Å². The minimum atomic E-state index is 0.217. The van der Waals surface area contributed by atoms with Crippen molar-refractivity contribution in [2.24, 2.45) is 0 Å². The summed E-state index contributed by atoms with van der Waals surface area (Å²) in [6, 6.07) is 11.3. The van der Waals surface area contributed by atoms with Gasteiger partial charge in [-0.2, -0.15) is 0 Å². The van der Waals surface area contributed by atoms with Gasteiger partial charge in [-0.25, -0.2) is 0 Å². The summed E-state index contributed by atoms with van der Waals surface area (Å²) in [6.45, 7) is 4.48. The summed E-state index contributed by atoms with van der Waals surface area (Å²) in [5.74, 6) is 1.26. The summed E-state index contributed by atoms with van der Waals surface area (Å²) in [4.78, 5) is 0. The Hall–Kier alpha value is -1.46. The van der Waals surface area contributed by atoms with E-state index < -0.39 is 0 Å². The molecule has 0 saturated heterocycles. The fraction of sp³-hybridized carbons (Fsp3) is 0.400. The molecular formula is C20H25Cl2NO3. The Bertz CT molecular complexity index is 695. The maximum Gasteiger partial charge on any atom is 0.163 e. The van der Waals surface area contributed by atoms with Gasteiger partial charge < -0.3 is 19.9 Å². The normalized spacial score (nSPS) is 10.8. The van der Waals surface area contributed by atoms with Crippen molar-refractivity contribution >= 4 is 23.2 Å². The predicted octanol–water partition coefficient (Wildman–Crippen LogP) is 4.83. The zero-order valence-corrected chi connectivity index (χ0v) is 16.4. The third-order valence-corrected chi connectivity index (χ3v) is 4.55. The highest BCUT2D eigenvalue weighted by molar-refractivity contribution is 6.31. The first-order valence-electron chi connectivity index (χ1n) is 8.78. The van der Waals surface area contributed by atoms with Gasteiger partial charge in [-0.15, -0.1) is 0 Å². The summed E-state index contributed by atoms with van der Waals surface area (Å²) in [5.41, 5.74) is 1.85. The molecule has 0 spiro atoms. The lowest BCUT2D eigenvalue weighted by Crippen LogP contribution is -2.15. The molecule has 0 aliphatic rings. The molecule has 2 aromatic carbocycles. The van der Waals surface area contributed by atoms with Crippen LogP contribution in [-0.4, -0.2) is 24.9 Å². The Kier molecular flexibility index (Phi) is 9.06. The van der Waals surface area contributed by atoms with E-state index in [-0.39, 0.29) is 6.61 Å². The molecule has 142 valence electrons. The van der Waals surface area contributed by atoms with Gasteiger partial charge in [0.15, 0.2) is 11.5 Å². The molecule has 0 aliphatic carbocycles. The van der Waals surface area contributed by atoms with Gasteiger partial charge in [0.2, 0.25) is 0 Å². The van der Waals surface area contributed by atoms with Gasteiger partial charge in [0.05, 0.1) is 6.61 Å². The van der Waals surface area contributed by atoms with Gasteiger partial charge in [0, 0.05) is 34.8 Å². The number of unbranched alkanes of at least 4 members (excludes halogenated alkanes) is 1. The van der Waals surface area contributed by atoms with Crippen molar-refractivity contribution in [1.82, 2.24) is 5.32 Å². The van der Waals surface area contributed by atoms with E-state index in [0.717, 1.165) is 30.5 Å². The number of nitrogens with one attached hydrogen (secondary N) is 1. The van der Waals surface area contributed by atoms with Crippen molar-refractivity contribution in [3.05, 3.63) is 57.6 Å². The molecule has 2 aromatic rings. The molecule has 4 nitrogen and oxygen atoms in total. The van der Waals surface area contributed by atoms with Gasteiger partial charge in [0.25, 0.3) is 0 Å². The fourth-order valence-electron chi connectivity index (χ4n) is 2.45. The second-order valence-corrected chi connectivity index (χ2v) is 6.63. The van der Waals surface area contributed by atoms with Crippen LogP contribution in [0.4, 0.5) is 0 Å². The van der Waals surface area contributed by atoms with E-state index in [2.05, 4.69) is 5.32 Å². The van der Waals surface area contributed by atoms with Crippen molar-refractivity contribution < 1.29 is 14.6 Å². The summed E-state index contributed by atoms with van der Waals surface area (Å²) < 4.78 is 11.6. The highest BCUT2D eigenvalue weighted by Gasteiger charge is 2.12. The predicted molar refractivity (Wildman–Crippen MR) is 106 cm³/mol. The molecule has 0 amide bonds. The van der Waals surface area contributed by atoms with E-state index in [1.807, 2.05) is 37.3 Å². The number of benzene rings is 2. The van der Waals surface area contributed by atoms with Gasteiger partial charge in [0.1, 0.15) is 6.61 Å². The average Bonchev–Trinajstić information content (AvgIpc) is 2.63. The molecule has 0 saturated carbocycles. The van der Waals surface area contributed by atoms with Crippen molar-refractivity contribution in [2.75, 3.05) is 19.8 Å². The monoisotopic (exact) mass is 397 g/mol. The summed E-state index contributed by atoms with van der Waals surface area (Å²) in [5, 5.41) is 13.4. The molecule has 0 fully saturated rings. The van der Waals surface area contributed by atoms with Crippen LogP contribution in [0.5, 0.6) is 11.5 Å². The Balaban J connectivity index is 2.06. The number of hydrogen-bond acceptors (Lipinski definition) is 4. The van der Waals surface area contributed by atoms with E-state index in [0.29, 0.717) is 41.3 Å². The Morgan fingerprint density at radius 1 is 0.962 bits per heavy atom. The van der Waals surface area contributed by atoms with Crippen LogP contribution in [0.3, 0.4) is 0 Å². The lowest BCUT2D eigenvalue weighted by atomic mass is 10.2. The first-order chi connectivity index (χ1) is 12.7. The van der Waals surface area contributed by atoms with Gasteiger partial charge in [-0.1, -0.05) is 41.4 Å². The maximum atomic E-state index is 8.82. The first kappa shape index (κ1) is 20.8. The highest BCUT2D eigenvalue weighted by Crippen LogP contribution is 2.34. The Morgan fingerprint density at radius 2 is 1.73 bits per heavy atom. The van der Waals surface area contributed by atoms with E-state index in [4.69, 9.17) is 37.8 Å². The minimum absolute atomic E-state index is 0.217. The molecule has 0 unspecified atom stereocenters. The van der Waals surface area contributed by atoms with Crippen LogP contribution in [0, 0.1) is 0 Å².